The number of urea groups is 4. The minimum atomic E-state index is -2.97. The normalized spacial score (nSPS) is 16.6. The Morgan fingerprint density at radius 2 is 0.570 bits per heavy atom. The number of likely N-dealkylation sites (N-methyl/N-ethyl adjacent to an activating group) is 1. The minimum Gasteiger partial charge on any atom is -0.431 e. The van der Waals surface area contributed by atoms with Crippen LogP contribution in [0.4, 0.5) is 19.2 Å². The van der Waals surface area contributed by atoms with Crippen molar-refractivity contribution in [3.63, 3.8) is 0 Å². The Morgan fingerprint density at radius 1 is 0.327 bits per heavy atom. The van der Waals surface area contributed by atoms with E-state index < -0.39 is 94.8 Å². The van der Waals surface area contributed by atoms with E-state index in [1.54, 1.807) is 62.3 Å². The number of β-amino-alcohol motifs (C(OH)–C–C–N with tert-alkyl or cyclic N) is 4. The van der Waals surface area contributed by atoms with E-state index in [1.807, 2.05) is 122 Å². The lowest BCUT2D eigenvalue weighted by atomic mass is 10.0. The topological polar surface area (TPSA) is 273 Å². The molecule has 0 bridgehead atoms. The first-order chi connectivity index (χ1) is 50.4. The molecule has 107 heavy (non-hydrogen) atoms. The maximum atomic E-state index is 12.6. The molecule has 0 saturated carbocycles. The van der Waals surface area contributed by atoms with Crippen molar-refractivity contribution in [1.29, 1.82) is 0 Å². The molecule has 7 aromatic rings. The molecule has 574 valence electrons. The molecule has 0 spiro atoms. The van der Waals surface area contributed by atoms with Gasteiger partial charge in [-0.1, -0.05) is 212 Å². The van der Waals surface area contributed by atoms with E-state index >= 15 is 0 Å². The van der Waals surface area contributed by atoms with E-state index in [-0.39, 0.29) is 71.1 Å². The molecule has 7 aromatic carbocycles. The molecular weight excluding hydrogens is 1520 g/mol. The summed E-state index contributed by atoms with van der Waals surface area (Å²) in [6, 6.07) is 70.0. The smallest absolute Gasteiger partial charge is 0.345 e. The Hall–Kier alpha value is -7.91. The number of aliphatic hydroxyl groups excluding tert-OH is 5. The van der Waals surface area contributed by atoms with Crippen molar-refractivity contribution in [2.24, 2.45) is 0 Å². The number of benzene rings is 7. The van der Waals surface area contributed by atoms with Gasteiger partial charge < -0.3 is 34.5 Å². The van der Waals surface area contributed by atoms with Gasteiger partial charge in [0.25, 0.3) is 30.3 Å². The van der Waals surface area contributed by atoms with Gasteiger partial charge >= 0.3 is 31.8 Å². The second-order valence-corrected chi connectivity index (χ2v) is 48.5. The molecule has 0 aromatic heterocycles. The van der Waals surface area contributed by atoms with Crippen molar-refractivity contribution >= 4 is 158 Å². The molecule has 0 unspecified atom stereocenters. The molecule has 12 amide bonds. The van der Waals surface area contributed by atoms with Crippen molar-refractivity contribution in [3.8, 4) is 0 Å². The zero-order valence-electron chi connectivity index (χ0n) is 62.5. The summed E-state index contributed by atoms with van der Waals surface area (Å²) in [5, 5.41) is 52.7. The van der Waals surface area contributed by atoms with Crippen molar-refractivity contribution < 1.29 is 68.0 Å². The van der Waals surface area contributed by atoms with Gasteiger partial charge in [0.1, 0.15) is 35.6 Å². The Morgan fingerprint density at radius 3 is 0.822 bits per heavy atom. The molecule has 4 heterocycles. The van der Waals surface area contributed by atoms with E-state index in [1.165, 1.54) is 35.4 Å². The van der Waals surface area contributed by atoms with Crippen LogP contribution >= 0.6 is 44.3 Å². The van der Waals surface area contributed by atoms with E-state index in [0.717, 1.165) is 40.1 Å². The largest absolute Gasteiger partial charge is 0.431 e. The first kappa shape index (κ1) is 88.0. The van der Waals surface area contributed by atoms with Gasteiger partial charge in [-0.2, -0.15) is 11.1 Å². The number of amides is 12. The van der Waals surface area contributed by atoms with Crippen LogP contribution in [0.15, 0.2) is 212 Å². The summed E-state index contributed by atoms with van der Waals surface area (Å²) in [7, 11) is -7.52. The lowest BCUT2D eigenvalue weighted by molar-refractivity contribution is -0.134. The van der Waals surface area contributed by atoms with Gasteiger partial charge in [-0.25, -0.2) is 19.2 Å². The number of imide groups is 4. The summed E-state index contributed by atoms with van der Waals surface area (Å²) in [6.07, 6.45) is 0. The highest BCUT2D eigenvalue weighted by Crippen LogP contribution is 2.34. The molecule has 0 atom stereocenters. The third kappa shape index (κ3) is 20.1. The van der Waals surface area contributed by atoms with Crippen LogP contribution < -0.4 is 36.3 Å². The average Bonchev–Trinajstić information content (AvgIpc) is 1.66. The van der Waals surface area contributed by atoms with Gasteiger partial charge in [-0.3, -0.25) is 53.5 Å². The van der Waals surface area contributed by atoms with Crippen LogP contribution in [0.2, 0.25) is 19.6 Å². The van der Waals surface area contributed by atoms with Gasteiger partial charge in [0.05, 0.1) is 46.1 Å². The summed E-state index contributed by atoms with van der Waals surface area (Å²) in [4.78, 5) is 105. The monoisotopic (exact) mass is 1610 g/mol. The third-order valence-electron chi connectivity index (χ3n) is 18.9. The molecule has 0 radical (unpaired) electrons. The van der Waals surface area contributed by atoms with Crippen LogP contribution in [0.3, 0.4) is 0 Å². The predicted molar refractivity (Wildman–Crippen MR) is 431 cm³/mol. The molecule has 5 N–H and O–H groups in total. The molecule has 4 saturated heterocycles. The molecule has 0 aliphatic carbocycles. The maximum absolute atomic E-state index is 12.6. The number of hydrogen-bond acceptors (Lipinski definition) is 14. The number of hydrogen-bond donors (Lipinski definition) is 5. The van der Waals surface area contributed by atoms with Gasteiger partial charge in [0.15, 0.2) is 0 Å². The van der Waals surface area contributed by atoms with E-state index in [4.69, 9.17) is 74.0 Å². The Kier molecular flexibility index (Phi) is 31.2. The Labute approximate surface area is 650 Å². The third-order valence-corrected chi connectivity index (χ3v) is 35.4. The van der Waals surface area contributed by atoms with Crippen LogP contribution in [0.5, 0.6) is 0 Å². The fourth-order valence-corrected chi connectivity index (χ4v) is 26.3. The quantitative estimate of drug-likeness (QED) is 0.0276. The Bertz CT molecular complexity index is 3850. The van der Waals surface area contributed by atoms with Gasteiger partial charge in [-0.05, 0) is 118 Å². The minimum absolute atomic E-state index is 0.00300. The van der Waals surface area contributed by atoms with Crippen LogP contribution in [0.1, 0.15) is 62.3 Å². The first-order valence-corrected chi connectivity index (χ1v) is 48.2. The number of nitrogens with zero attached hydrogens (tertiary/aromatic N) is 8. The highest BCUT2D eigenvalue weighted by molar-refractivity contribution is 7.50. The van der Waals surface area contributed by atoms with E-state index in [9.17, 15) is 38.4 Å². The van der Waals surface area contributed by atoms with E-state index in [0.29, 0.717) is 6.54 Å². The summed E-state index contributed by atoms with van der Waals surface area (Å²) in [5.74, 6) is -1.55. The standard InChI is InChI=1S/C25H23ClOSi2.C15H24N4O6.C13H13ClSi.C9H16N2O4.C8H14N2O3.C7H8Cl2Si/c1-28(22-14-6-2-7-15-22,23-16-8-3-9-17-23)27-29(26,24-18-10-4-11-19-24)25-20-12-5-13-21-25;1-14(2)10(22)16(5-7-20)12(24)18(14)9-19-13(25)17(6-8-21)11(23)15(19,3)4;1-15(14,12-8-4-2-5-9-12)13-10-6-3-7-11-13;1-9(2)7(14)10(3-5-12)8(15)11(9)4-6-13;1-4-9-6(12)8(2,3)10(5-11)7(9)13;1-10(8,9)7-5-3-2-4-6-7/h2-21H,1H3;20-21H,5-9H2,1-4H3;2-11H,1H3;12-13H,3-6H2,1-2H3;11H,4-5H2,1-3H3;2-6H,1H3. The molecular formula is C77H98Cl4N8O14Si4. The zero-order chi connectivity index (χ0) is 79.5. The molecule has 22 nitrogen and oxygen atoms in total. The van der Waals surface area contributed by atoms with Gasteiger partial charge in [0, 0.05) is 13.1 Å². The first-order valence-electron chi connectivity index (χ1n) is 34.8. The fourth-order valence-electron chi connectivity index (χ4n) is 12.2. The summed E-state index contributed by atoms with van der Waals surface area (Å²) < 4.78 is 7.21. The maximum Gasteiger partial charge on any atom is 0.345 e. The summed E-state index contributed by atoms with van der Waals surface area (Å²) >= 11 is 26.2. The van der Waals surface area contributed by atoms with Crippen LogP contribution in [-0.4, -0.2) is 237 Å². The summed E-state index contributed by atoms with van der Waals surface area (Å²) in [5.41, 5.74) is -4.27. The highest BCUT2D eigenvalue weighted by atomic mass is 35.7. The molecule has 11 rings (SSSR count). The van der Waals surface area contributed by atoms with Crippen molar-refractivity contribution in [3.05, 3.63) is 212 Å². The van der Waals surface area contributed by atoms with E-state index in [2.05, 4.69) is 110 Å². The zero-order valence-corrected chi connectivity index (χ0v) is 69.5. The lowest BCUT2D eigenvalue weighted by Gasteiger charge is -2.37. The van der Waals surface area contributed by atoms with Crippen molar-refractivity contribution in [2.45, 2.75) is 104 Å². The SMILES string of the molecule is CC1(C)C(=O)N(CCO)C(=O)N1CCO.CC1(C)C(=O)N(CCO)C(=O)N1CN1C(=O)N(CCO)C(=O)C1(C)C.CCN1C(=O)N(CO)C(C)(C)C1=O.C[Si](Cl)(Cl)c1ccccc1.C[Si](Cl)(c1ccccc1)c1ccccc1.C[Si](O[Si](Cl)(c1ccccc1)c1ccccc1)(c1ccccc1)c1ccccc1. The van der Waals surface area contributed by atoms with Crippen molar-refractivity contribution in [2.75, 3.05) is 72.6 Å². The van der Waals surface area contributed by atoms with Crippen LogP contribution in [0, 0.1) is 0 Å². The molecule has 4 aliphatic rings. The number of aliphatic hydroxyl groups is 5. The second-order valence-electron chi connectivity index (χ2n) is 27.6. The number of carbonyl (C=O) groups excluding carboxylic acids is 8. The molecule has 30 heteroatoms. The summed E-state index contributed by atoms with van der Waals surface area (Å²) in [6.45, 7) is 17.0. The number of rotatable bonds is 21. The number of halogens is 4. The molecule has 4 fully saturated rings. The molecule has 4 aliphatic heterocycles. The Balaban J connectivity index is 0.000000209. The average molecular weight is 1610 g/mol. The van der Waals surface area contributed by atoms with Gasteiger partial charge in [-0.15, -0.1) is 33.2 Å². The van der Waals surface area contributed by atoms with Crippen LogP contribution in [0.25, 0.3) is 0 Å². The van der Waals surface area contributed by atoms with Crippen LogP contribution in [-0.2, 0) is 23.3 Å². The predicted octanol–water partition coefficient (Wildman–Crippen LogP) is 6.97. The second kappa shape index (κ2) is 37.9. The van der Waals surface area contributed by atoms with Crippen molar-refractivity contribution in [1.82, 2.24) is 39.2 Å². The van der Waals surface area contributed by atoms with Gasteiger partial charge in [0.2, 0.25) is 15.7 Å². The lowest BCUT2D eigenvalue weighted by Crippen LogP contribution is -2.69. The fraction of sp³-hybridized carbons (Fsp3) is 0.351. The highest BCUT2D eigenvalue weighted by Gasteiger charge is 2.58. The number of carbonyl (C=O) groups is 8.